The molecule has 1 aromatic carbocycles. The predicted molar refractivity (Wildman–Crippen MR) is 63.3 cm³/mol. The van der Waals surface area contributed by atoms with Crippen LogP contribution in [0, 0.1) is 0 Å². The second kappa shape index (κ2) is 4.55. The molecular weight excluding hydrogens is 244 g/mol. The SMILES string of the molecule is O=C(O)CCn1cnc2cc(Cl)ccc2c1=O. The van der Waals surface area contributed by atoms with Gasteiger partial charge in [-0.1, -0.05) is 11.6 Å². The lowest BCUT2D eigenvalue weighted by Crippen LogP contribution is -2.21. The van der Waals surface area contributed by atoms with Crippen molar-refractivity contribution in [1.29, 1.82) is 0 Å². The standard InChI is InChI=1S/C11H9ClN2O3/c12-7-1-2-8-9(5-7)13-6-14(11(8)17)4-3-10(15)16/h1-2,5-6H,3-4H2,(H,15,16). The van der Waals surface area contributed by atoms with E-state index in [1.807, 2.05) is 0 Å². The van der Waals surface area contributed by atoms with Crippen LogP contribution in [0.3, 0.4) is 0 Å². The Kier molecular flexibility index (Phi) is 3.10. The average Bonchev–Trinajstić information content (AvgIpc) is 2.27. The number of benzene rings is 1. The van der Waals surface area contributed by atoms with Gasteiger partial charge in [-0.3, -0.25) is 14.2 Å². The lowest BCUT2D eigenvalue weighted by atomic mass is 10.2. The van der Waals surface area contributed by atoms with Gasteiger partial charge in [-0.2, -0.15) is 0 Å². The first-order valence-corrected chi connectivity index (χ1v) is 5.32. The summed E-state index contributed by atoms with van der Waals surface area (Å²) in [5.74, 6) is -0.951. The Morgan fingerprint density at radius 2 is 2.24 bits per heavy atom. The number of nitrogens with zero attached hydrogens (tertiary/aromatic N) is 2. The highest BCUT2D eigenvalue weighted by atomic mass is 35.5. The highest BCUT2D eigenvalue weighted by molar-refractivity contribution is 6.31. The Balaban J connectivity index is 2.47. The van der Waals surface area contributed by atoms with Gasteiger partial charge in [-0.25, -0.2) is 4.98 Å². The highest BCUT2D eigenvalue weighted by Gasteiger charge is 2.05. The molecule has 0 bridgehead atoms. The average molecular weight is 253 g/mol. The first-order valence-electron chi connectivity index (χ1n) is 4.94. The topological polar surface area (TPSA) is 72.2 Å². The van der Waals surface area contributed by atoms with Gasteiger partial charge in [-0.05, 0) is 18.2 Å². The summed E-state index contributed by atoms with van der Waals surface area (Å²) in [4.78, 5) is 26.4. The minimum atomic E-state index is -0.951. The zero-order valence-corrected chi connectivity index (χ0v) is 9.52. The summed E-state index contributed by atoms with van der Waals surface area (Å²) < 4.78 is 1.28. The van der Waals surface area contributed by atoms with E-state index in [1.165, 1.54) is 10.9 Å². The zero-order chi connectivity index (χ0) is 12.4. The number of rotatable bonds is 3. The number of halogens is 1. The van der Waals surface area contributed by atoms with Crippen LogP contribution in [0.25, 0.3) is 10.9 Å². The van der Waals surface area contributed by atoms with Crippen LogP contribution in [-0.2, 0) is 11.3 Å². The van der Waals surface area contributed by atoms with Crippen molar-refractivity contribution < 1.29 is 9.90 Å². The molecule has 0 fully saturated rings. The molecule has 0 radical (unpaired) electrons. The van der Waals surface area contributed by atoms with Crippen LogP contribution in [0.5, 0.6) is 0 Å². The molecule has 2 aromatic rings. The van der Waals surface area contributed by atoms with Crippen molar-refractivity contribution >= 4 is 28.5 Å². The van der Waals surface area contributed by atoms with Crippen molar-refractivity contribution in [3.63, 3.8) is 0 Å². The van der Waals surface area contributed by atoms with Crippen LogP contribution in [-0.4, -0.2) is 20.6 Å². The molecule has 2 rings (SSSR count). The van der Waals surface area contributed by atoms with Crippen molar-refractivity contribution in [2.24, 2.45) is 0 Å². The summed E-state index contributed by atoms with van der Waals surface area (Å²) in [6, 6.07) is 4.79. The van der Waals surface area contributed by atoms with Gasteiger partial charge in [0.15, 0.2) is 0 Å². The van der Waals surface area contributed by atoms with E-state index >= 15 is 0 Å². The molecule has 0 unspecified atom stereocenters. The van der Waals surface area contributed by atoms with E-state index in [0.717, 1.165) is 0 Å². The van der Waals surface area contributed by atoms with Gasteiger partial charge in [-0.15, -0.1) is 0 Å². The van der Waals surface area contributed by atoms with Crippen LogP contribution in [0.1, 0.15) is 6.42 Å². The summed E-state index contributed by atoms with van der Waals surface area (Å²) in [6.45, 7) is 0.111. The number of hydrogen-bond acceptors (Lipinski definition) is 3. The molecule has 0 saturated heterocycles. The number of aryl methyl sites for hydroxylation is 1. The van der Waals surface area contributed by atoms with Gasteiger partial charge in [0.25, 0.3) is 5.56 Å². The molecule has 1 heterocycles. The number of hydrogen-bond donors (Lipinski definition) is 1. The molecular formula is C11H9ClN2O3. The van der Waals surface area contributed by atoms with E-state index in [-0.39, 0.29) is 18.5 Å². The molecule has 0 spiro atoms. The Morgan fingerprint density at radius 3 is 2.94 bits per heavy atom. The monoisotopic (exact) mass is 252 g/mol. The fourth-order valence-corrected chi connectivity index (χ4v) is 1.67. The van der Waals surface area contributed by atoms with Crippen molar-refractivity contribution in [1.82, 2.24) is 9.55 Å². The molecule has 0 saturated carbocycles. The molecule has 5 nitrogen and oxygen atoms in total. The summed E-state index contributed by atoms with van der Waals surface area (Å²) in [5.41, 5.74) is 0.252. The Morgan fingerprint density at radius 1 is 1.47 bits per heavy atom. The van der Waals surface area contributed by atoms with Gasteiger partial charge in [0, 0.05) is 11.6 Å². The third-order valence-electron chi connectivity index (χ3n) is 2.35. The second-order valence-corrected chi connectivity index (χ2v) is 3.98. The van der Waals surface area contributed by atoms with Crippen LogP contribution in [0.2, 0.25) is 5.02 Å². The van der Waals surface area contributed by atoms with Crippen LogP contribution >= 0.6 is 11.6 Å². The number of aliphatic carboxylic acids is 1. The Labute approximate surface area is 101 Å². The minimum absolute atomic E-state index is 0.110. The van der Waals surface area contributed by atoms with Gasteiger partial charge in [0.2, 0.25) is 0 Å². The summed E-state index contributed by atoms with van der Waals surface area (Å²) >= 11 is 5.79. The Hall–Kier alpha value is -1.88. The molecule has 0 amide bonds. The van der Waals surface area contributed by atoms with E-state index in [9.17, 15) is 9.59 Å². The number of carbonyl (C=O) groups is 1. The normalized spacial score (nSPS) is 10.6. The fraction of sp³-hybridized carbons (Fsp3) is 0.182. The summed E-state index contributed by atoms with van der Waals surface area (Å²) in [5, 5.41) is 9.50. The molecule has 6 heteroatoms. The number of carboxylic acids is 1. The van der Waals surface area contributed by atoms with E-state index in [1.54, 1.807) is 18.2 Å². The lowest BCUT2D eigenvalue weighted by molar-refractivity contribution is -0.137. The van der Waals surface area contributed by atoms with Crippen molar-refractivity contribution in [3.8, 4) is 0 Å². The zero-order valence-electron chi connectivity index (χ0n) is 8.76. The molecule has 0 aliphatic heterocycles. The van der Waals surface area contributed by atoms with Crippen LogP contribution in [0.15, 0.2) is 29.3 Å². The maximum atomic E-state index is 11.9. The maximum absolute atomic E-state index is 11.9. The molecule has 0 atom stereocenters. The molecule has 17 heavy (non-hydrogen) atoms. The number of fused-ring (bicyclic) bond motifs is 1. The van der Waals surface area contributed by atoms with Crippen molar-refractivity contribution in [2.45, 2.75) is 13.0 Å². The number of carboxylic acid groups (broad SMARTS) is 1. The molecule has 88 valence electrons. The molecule has 0 aliphatic rings. The van der Waals surface area contributed by atoms with E-state index in [2.05, 4.69) is 4.98 Å². The fourth-order valence-electron chi connectivity index (χ4n) is 1.51. The predicted octanol–water partition coefficient (Wildman–Crippen LogP) is 1.52. The van der Waals surface area contributed by atoms with Crippen LogP contribution in [0.4, 0.5) is 0 Å². The van der Waals surface area contributed by atoms with E-state index in [0.29, 0.717) is 15.9 Å². The third kappa shape index (κ3) is 2.45. The van der Waals surface area contributed by atoms with Gasteiger partial charge in [0.1, 0.15) is 0 Å². The quantitative estimate of drug-likeness (QED) is 0.899. The first kappa shape index (κ1) is 11.6. The lowest BCUT2D eigenvalue weighted by Gasteiger charge is -2.04. The largest absolute Gasteiger partial charge is 0.481 e. The van der Waals surface area contributed by atoms with Crippen LogP contribution < -0.4 is 5.56 Å². The third-order valence-corrected chi connectivity index (χ3v) is 2.59. The van der Waals surface area contributed by atoms with Gasteiger partial charge in [0.05, 0.1) is 23.7 Å². The minimum Gasteiger partial charge on any atom is -0.481 e. The maximum Gasteiger partial charge on any atom is 0.305 e. The summed E-state index contributed by atoms with van der Waals surface area (Å²) in [6.07, 6.45) is 1.23. The molecule has 0 aliphatic carbocycles. The van der Waals surface area contributed by atoms with E-state index < -0.39 is 5.97 Å². The van der Waals surface area contributed by atoms with Gasteiger partial charge >= 0.3 is 5.97 Å². The molecule has 1 aromatic heterocycles. The second-order valence-electron chi connectivity index (χ2n) is 3.55. The summed E-state index contributed by atoms with van der Waals surface area (Å²) in [7, 11) is 0. The van der Waals surface area contributed by atoms with Gasteiger partial charge < -0.3 is 5.11 Å². The van der Waals surface area contributed by atoms with Crippen molar-refractivity contribution in [2.75, 3.05) is 0 Å². The number of aromatic nitrogens is 2. The Bertz CT molecular complexity index is 636. The highest BCUT2D eigenvalue weighted by Crippen LogP contribution is 2.14. The van der Waals surface area contributed by atoms with E-state index in [4.69, 9.17) is 16.7 Å². The van der Waals surface area contributed by atoms with Crippen molar-refractivity contribution in [3.05, 3.63) is 39.9 Å². The smallest absolute Gasteiger partial charge is 0.305 e. The first-order chi connectivity index (χ1) is 8.08. The molecule has 1 N–H and O–H groups in total.